The van der Waals surface area contributed by atoms with Crippen LogP contribution < -0.4 is 5.32 Å². The number of carbonyl (C=O) groups excluding carboxylic acids is 1. The van der Waals surface area contributed by atoms with Crippen LogP contribution in [0, 0.1) is 0 Å². The van der Waals surface area contributed by atoms with E-state index < -0.39 is 0 Å². The van der Waals surface area contributed by atoms with E-state index in [2.05, 4.69) is 52.7 Å². The smallest absolute Gasteiger partial charge is 0.217 e. The molecular formula is C21H26N2O3. The fraction of sp³-hybridized carbons (Fsp3) is 0.476. The molecule has 2 fully saturated rings. The van der Waals surface area contributed by atoms with Gasteiger partial charge in [0, 0.05) is 26.6 Å². The Bertz CT molecular complexity index is 757. The van der Waals surface area contributed by atoms with Crippen LogP contribution in [-0.4, -0.2) is 61.9 Å². The number of fused-ring (bicyclic) bond motifs is 2. The second kappa shape index (κ2) is 7.74. The zero-order valence-electron chi connectivity index (χ0n) is 15.2. The minimum Gasteiger partial charge on any atom is -0.372 e. The van der Waals surface area contributed by atoms with Crippen LogP contribution in [-0.2, 0) is 20.7 Å². The molecule has 2 atom stereocenters. The van der Waals surface area contributed by atoms with Gasteiger partial charge in [0.05, 0.1) is 31.5 Å². The Hall–Kier alpha value is -1.95. The minimum absolute atomic E-state index is 0.0361. The van der Waals surface area contributed by atoms with Crippen molar-refractivity contribution in [3.8, 4) is 0 Å². The first-order valence-electron chi connectivity index (χ1n) is 9.38. The number of ether oxygens (including phenoxy) is 2. The Morgan fingerprint density at radius 1 is 1.08 bits per heavy atom. The number of nitrogens with one attached hydrogen (secondary N) is 1. The highest BCUT2D eigenvalue weighted by Gasteiger charge is 2.37. The summed E-state index contributed by atoms with van der Waals surface area (Å²) in [7, 11) is 0. The number of rotatable bonds is 4. The van der Waals surface area contributed by atoms with Crippen LogP contribution in [0.25, 0.3) is 10.8 Å². The second-order valence-corrected chi connectivity index (χ2v) is 7.29. The summed E-state index contributed by atoms with van der Waals surface area (Å²) < 4.78 is 12.0. The third-order valence-corrected chi connectivity index (χ3v) is 5.30. The summed E-state index contributed by atoms with van der Waals surface area (Å²) in [4.78, 5) is 13.6. The average molecular weight is 354 g/mol. The predicted octanol–water partition coefficient (Wildman–Crippen LogP) is 1.99. The molecule has 2 aromatic carbocycles. The summed E-state index contributed by atoms with van der Waals surface area (Å²) in [6, 6.07) is 15.0. The number of nitrogens with zero attached hydrogens (tertiary/aromatic N) is 1. The maximum Gasteiger partial charge on any atom is 0.217 e. The summed E-state index contributed by atoms with van der Waals surface area (Å²) >= 11 is 0. The van der Waals surface area contributed by atoms with Crippen LogP contribution in [0.3, 0.4) is 0 Å². The molecule has 0 unspecified atom stereocenters. The molecule has 0 bridgehead atoms. The van der Waals surface area contributed by atoms with Crippen LogP contribution >= 0.6 is 0 Å². The van der Waals surface area contributed by atoms with Gasteiger partial charge in [-0.1, -0.05) is 42.5 Å². The van der Waals surface area contributed by atoms with Gasteiger partial charge < -0.3 is 14.8 Å². The predicted molar refractivity (Wildman–Crippen MR) is 101 cm³/mol. The van der Waals surface area contributed by atoms with Crippen LogP contribution in [0.1, 0.15) is 12.5 Å². The van der Waals surface area contributed by atoms with E-state index >= 15 is 0 Å². The van der Waals surface area contributed by atoms with Crippen molar-refractivity contribution in [3.63, 3.8) is 0 Å². The Labute approximate surface area is 154 Å². The quantitative estimate of drug-likeness (QED) is 0.912. The Morgan fingerprint density at radius 3 is 2.50 bits per heavy atom. The van der Waals surface area contributed by atoms with Gasteiger partial charge in [0.25, 0.3) is 0 Å². The summed E-state index contributed by atoms with van der Waals surface area (Å²) in [5.41, 5.74) is 1.39. The maximum absolute atomic E-state index is 11.2. The summed E-state index contributed by atoms with van der Waals surface area (Å²) in [6.45, 7) is 5.36. The topological polar surface area (TPSA) is 50.8 Å². The normalized spacial score (nSPS) is 24.3. The standard InChI is InChI=1S/C21H26N2O3/c1-15(24)22-18-13-25-20-11-23(12-21(20)26-14-18)10-9-17-7-4-6-16-5-2-3-8-19(16)17/h2-8,18,20-21H,9-14H2,1H3,(H,22,24)/t20-,21-/m0/s1. The lowest BCUT2D eigenvalue weighted by atomic mass is 10.0. The third kappa shape index (κ3) is 3.90. The van der Waals surface area contributed by atoms with E-state index in [0.29, 0.717) is 13.2 Å². The van der Waals surface area contributed by atoms with E-state index in [9.17, 15) is 4.79 Å². The van der Waals surface area contributed by atoms with Gasteiger partial charge in [-0.2, -0.15) is 0 Å². The van der Waals surface area contributed by atoms with Gasteiger partial charge in [-0.15, -0.1) is 0 Å². The molecular weight excluding hydrogens is 328 g/mol. The van der Waals surface area contributed by atoms with Crippen molar-refractivity contribution in [1.82, 2.24) is 10.2 Å². The zero-order valence-corrected chi connectivity index (χ0v) is 15.2. The number of benzene rings is 2. The van der Waals surface area contributed by atoms with Crippen molar-refractivity contribution in [2.75, 3.05) is 32.8 Å². The van der Waals surface area contributed by atoms with Crippen LogP contribution in [0.2, 0.25) is 0 Å². The van der Waals surface area contributed by atoms with Crippen molar-refractivity contribution >= 4 is 16.7 Å². The molecule has 1 N–H and O–H groups in total. The molecule has 4 rings (SSSR count). The van der Waals surface area contributed by atoms with Crippen molar-refractivity contribution in [2.45, 2.75) is 31.6 Å². The lowest BCUT2D eigenvalue weighted by molar-refractivity contribution is -0.120. The summed E-state index contributed by atoms with van der Waals surface area (Å²) in [6.07, 6.45) is 1.22. The number of amides is 1. The molecule has 138 valence electrons. The van der Waals surface area contributed by atoms with Gasteiger partial charge in [0.15, 0.2) is 0 Å². The van der Waals surface area contributed by atoms with Crippen molar-refractivity contribution in [2.24, 2.45) is 0 Å². The van der Waals surface area contributed by atoms with Gasteiger partial charge in [-0.05, 0) is 22.8 Å². The fourth-order valence-corrected chi connectivity index (χ4v) is 4.01. The SMILES string of the molecule is CC(=O)NC1CO[C@H]2CN(CCc3cccc4ccccc34)C[C@@H]2OC1. The van der Waals surface area contributed by atoms with Crippen molar-refractivity contribution < 1.29 is 14.3 Å². The largest absolute Gasteiger partial charge is 0.372 e. The second-order valence-electron chi connectivity index (χ2n) is 7.29. The fourth-order valence-electron chi connectivity index (χ4n) is 4.01. The first kappa shape index (κ1) is 17.5. The molecule has 2 aliphatic heterocycles. The van der Waals surface area contributed by atoms with Gasteiger partial charge >= 0.3 is 0 Å². The van der Waals surface area contributed by atoms with E-state index in [0.717, 1.165) is 26.1 Å². The lowest BCUT2D eigenvalue weighted by Gasteiger charge is -2.19. The Kier molecular flexibility index (Phi) is 5.20. The molecule has 2 heterocycles. The molecule has 0 saturated carbocycles. The third-order valence-electron chi connectivity index (χ3n) is 5.30. The first-order valence-corrected chi connectivity index (χ1v) is 9.38. The molecule has 0 aliphatic carbocycles. The lowest BCUT2D eigenvalue weighted by Crippen LogP contribution is -2.40. The molecule has 2 saturated heterocycles. The van der Waals surface area contributed by atoms with E-state index in [1.165, 1.54) is 23.3 Å². The number of likely N-dealkylation sites (tertiary alicyclic amines) is 1. The van der Waals surface area contributed by atoms with E-state index in [1.54, 1.807) is 0 Å². The van der Waals surface area contributed by atoms with E-state index in [4.69, 9.17) is 9.47 Å². The highest BCUT2D eigenvalue weighted by atomic mass is 16.6. The molecule has 2 aromatic rings. The van der Waals surface area contributed by atoms with Gasteiger partial charge in [0.2, 0.25) is 5.91 Å². The number of carbonyl (C=O) groups is 1. The Balaban J connectivity index is 1.33. The van der Waals surface area contributed by atoms with Crippen molar-refractivity contribution in [3.05, 3.63) is 48.0 Å². The minimum atomic E-state index is -0.0396. The molecule has 5 heteroatoms. The van der Waals surface area contributed by atoms with Crippen LogP contribution in [0.5, 0.6) is 0 Å². The van der Waals surface area contributed by atoms with E-state index in [-0.39, 0.29) is 24.2 Å². The monoisotopic (exact) mass is 354 g/mol. The summed E-state index contributed by atoms with van der Waals surface area (Å²) in [5.74, 6) is -0.0361. The molecule has 0 spiro atoms. The summed E-state index contributed by atoms with van der Waals surface area (Å²) in [5, 5.41) is 5.52. The number of hydrogen-bond donors (Lipinski definition) is 1. The first-order chi connectivity index (χ1) is 12.7. The average Bonchev–Trinajstić information content (AvgIpc) is 2.95. The molecule has 2 aliphatic rings. The van der Waals surface area contributed by atoms with Gasteiger partial charge in [-0.3, -0.25) is 9.69 Å². The molecule has 0 aromatic heterocycles. The van der Waals surface area contributed by atoms with E-state index in [1.807, 2.05) is 0 Å². The molecule has 26 heavy (non-hydrogen) atoms. The Morgan fingerprint density at radius 2 is 1.77 bits per heavy atom. The molecule has 0 radical (unpaired) electrons. The highest BCUT2D eigenvalue weighted by Crippen LogP contribution is 2.22. The zero-order chi connectivity index (χ0) is 17.9. The van der Waals surface area contributed by atoms with Gasteiger partial charge in [0.1, 0.15) is 0 Å². The molecule has 1 amide bonds. The van der Waals surface area contributed by atoms with Crippen LogP contribution in [0.15, 0.2) is 42.5 Å². The maximum atomic E-state index is 11.2. The highest BCUT2D eigenvalue weighted by molar-refractivity contribution is 5.85. The van der Waals surface area contributed by atoms with Crippen molar-refractivity contribution in [1.29, 1.82) is 0 Å². The van der Waals surface area contributed by atoms with Crippen LogP contribution in [0.4, 0.5) is 0 Å². The molecule has 5 nitrogen and oxygen atoms in total. The number of hydrogen-bond acceptors (Lipinski definition) is 4. The van der Waals surface area contributed by atoms with Gasteiger partial charge in [-0.25, -0.2) is 0 Å².